The summed E-state index contributed by atoms with van der Waals surface area (Å²) < 4.78 is 0. The summed E-state index contributed by atoms with van der Waals surface area (Å²) in [6, 6.07) is 17.1. The molecule has 0 unspecified atom stereocenters. The molecule has 3 rings (SSSR count). The molecule has 1 heterocycles. The SMILES string of the molecule is C=C1NN(c2ccccc2)C(=O)/C1=N\Nc1ccccc1C. The molecule has 2 N–H and O–H groups in total. The zero-order valence-corrected chi connectivity index (χ0v) is 12.2. The summed E-state index contributed by atoms with van der Waals surface area (Å²) in [5.74, 6) is -0.239. The maximum Gasteiger partial charge on any atom is 0.299 e. The normalized spacial score (nSPS) is 16.0. The summed E-state index contributed by atoms with van der Waals surface area (Å²) in [4.78, 5) is 12.5. The van der Waals surface area contributed by atoms with Crippen LogP contribution in [0, 0.1) is 6.92 Å². The second-order valence-corrected chi connectivity index (χ2v) is 4.95. The first-order valence-corrected chi connectivity index (χ1v) is 6.91. The molecule has 0 spiro atoms. The van der Waals surface area contributed by atoms with Gasteiger partial charge in [-0.2, -0.15) is 5.10 Å². The molecule has 2 aromatic rings. The zero-order chi connectivity index (χ0) is 15.5. The number of benzene rings is 2. The Labute approximate surface area is 128 Å². The van der Waals surface area contributed by atoms with E-state index in [1.165, 1.54) is 5.01 Å². The van der Waals surface area contributed by atoms with Crippen molar-refractivity contribution < 1.29 is 4.79 Å². The van der Waals surface area contributed by atoms with E-state index in [0.717, 1.165) is 16.9 Å². The van der Waals surface area contributed by atoms with Gasteiger partial charge in [0.05, 0.1) is 17.1 Å². The van der Waals surface area contributed by atoms with Crippen LogP contribution < -0.4 is 15.9 Å². The molecule has 1 aliphatic rings. The molecule has 1 amide bonds. The van der Waals surface area contributed by atoms with Crippen LogP contribution in [0.1, 0.15) is 5.56 Å². The average Bonchev–Trinajstić information content (AvgIpc) is 2.82. The van der Waals surface area contributed by atoms with Gasteiger partial charge >= 0.3 is 0 Å². The minimum absolute atomic E-state index is 0.239. The number of nitrogens with zero attached hydrogens (tertiary/aromatic N) is 2. The molecule has 0 bridgehead atoms. The Hall–Kier alpha value is -3.08. The number of hydrazine groups is 1. The third kappa shape index (κ3) is 2.56. The predicted molar refractivity (Wildman–Crippen MR) is 88.4 cm³/mol. The lowest BCUT2D eigenvalue weighted by Crippen LogP contribution is -2.34. The summed E-state index contributed by atoms with van der Waals surface area (Å²) in [6.07, 6.45) is 0. The van der Waals surface area contributed by atoms with Crippen LogP contribution in [0.5, 0.6) is 0 Å². The number of carbonyl (C=O) groups excluding carboxylic acids is 1. The minimum Gasteiger partial charge on any atom is -0.289 e. The molecule has 5 heteroatoms. The number of rotatable bonds is 3. The number of para-hydroxylation sites is 2. The smallest absolute Gasteiger partial charge is 0.289 e. The Kier molecular flexibility index (Phi) is 3.62. The first kappa shape index (κ1) is 13.9. The Balaban J connectivity index is 1.83. The Morgan fingerprint density at radius 2 is 1.77 bits per heavy atom. The molecule has 110 valence electrons. The van der Waals surface area contributed by atoms with Crippen molar-refractivity contribution in [1.82, 2.24) is 5.43 Å². The topological polar surface area (TPSA) is 56.7 Å². The Morgan fingerprint density at radius 3 is 2.50 bits per heavy atom. The van der Waals surface area contributed by atoms with E-state index >= 15 is 0 Å². The fourth-order valence-corrected chi connectivity index (χ4v) is 2.16. The van der Waals surface area contributed by atoms with Crippen molar-refractivity contribution in [2.24, 2.45) is 5.10 Å². The molecule has 1 saturated heterocycles. The van der Waals surface area contributed by atoms with Crippen LogP contribution in [0.2, 0.25) is 0 Å². The molecule has 0 aliphatic carbocycles. The van der Waals surface area contributed by atoms with Gasteiger partial charge in [-0.05, 0) is 30.7 Å². The number of anilines is 2. The number of aryl methyl sites for hydroxylation is 1. The van der Waals surface area contributed by atoms with Crippen molar-refractivity contribution in [1.29, 1.82) is 0 Å². The molecule has 0 saturated carbocycles. The highest BCUT2D eigenvalue weighted by molar-refractivity contribution is 6.51. The highest BCUT2D eigenvalue weighted by atomic mass is 16.2. The van der Waals surface area contributed by atoms with E-state index in [1.54, 1.807) is 0 Å². The third-order valence-electron chi connectivity index (χ3n) is 3.39. The van der Waals surface area contributed by atoms with Crippen molar-refractivity contribution in [3.05, 3.63) is 72.4 Å². The van der Waals surface area contributed by atoms with Gasteiger partial charge in [0.25, 0.3) is 5.91 Å². The Bertz CT molecular complexity index is 752. The molecule has 1 fully saturated rings. The highest BCUT2D eigenvalue weighted by Crippen LogP contribution is 2.19. The fourth-order valence-electron chi connectivity index (χ4n) is 2.16. The lowest BCUT2D eigenvalue weighted by molar-refractivity contribution is -0.112. The predicted octanol–water partition coefficient (Wildman–Crippen LogP) is 2.83. The fraction of sp³-hybridized carbons (Fsp3) is 0.0588. The summed E-state index contributed by atoms with van der Waals surface area (Å²) in [7, 11) is 0. The number of hydrazone groups is 1. The van der Waals surface area contributed by atoms with Crippen molar-refractivity contribution in [2.75, 3.05) is 10.4 Å². The average molecular weight is 292 g/mol. The molecule has 5 nitrogen and oxygen atoms in total. The van der Waals surface area contributed by atoms with Gasteiger partial charge in [0.2, 0.25) is 0 Å². The molecule has 22 heavy (non-hydrogen) atoms. The molecule has 0 radical (unpaired) electrons. The second-order valence-electron chi connectivity index (χ2n) is 4.95. The van der Waals surface area contributed by atoms with Gasteiger partial charge < -0.3 is 0 Å². The van der Waals surface area contributed by atoms with E-state index in [9.17, 15) is 4.79 Å². The summed E-state index contributed by atoms with van der Waals surface area (Å²) in [6.45, 7) is 5.83. The van der Waals surface area contributed by atoms with Crippen LogP contribution in [0.4, 0.5) is 11.4 Å². The zero-order valence-electron chi connectivity index (χ0n) is 12.2. The number of amides is 1. The van der Waals surface area contributed by atoms with Crippen LogP contribution in [-0.4, -0.2) is 11.6 Å². The van der Waals surface area contributed by atoms with Crippen molar-refractivity contribution in [2.45, 2.75) is 6.92 Å². The lowest BCUT2D eigenvalue weighted by atomic mass is 10.2. The minimum atomic E-state index is -0.239. The van der Waals surface area contributed by atoms with Crippen LogP contribution in [-0.2, 0) is 4.79 Å². The lowest BCUT2D eigenvalue weighted by Gasteiger charge is -2.14. The van der Waals surface area contributed by atoms with Gasteiger partial charge in [0.15, 0.2) is 5.71 Å². The largest absolute Gasteiger partial charge is 0.299 e. The molecular weight excluding hydrogens is 276 g/mol. The van der Waals surface area contributed by atoms with E-state index in [4.69, 9.17) is 0 Å². The number of hydrogen-bond donors (Lipinski definition) is 2. The molecule has 2 aromatic carbocycles. The van der Waals surface area contributed by atoms with Gasteiger partial charge in [-0.15, -0.1) is 0 Å². The number of nitrogens with one attached hydrogen (secondary N) is 2. The number of hydrogen-bond acceptors (Lipinski definition) is 4. The van der Waals surface area contributed by atoms with Crippen LogP contribution >= 0.6 is 0 Å². The van der Waals surface area contributed by atoms with Gasteiger partial charge in [-0.25, -0.2) is 5.01 Å². The first-order valence-electron chi connectivity index (χ1n) is 6.91. The Morgan fingerprint density at radius 1 is 1.09 bits per heavy atom. The van der Waals surface area contributed by atoms with E-state index in [0.29, 0.717) is 5.70 Å². The van der Waals surface area contributed by atoms with Crippen molar-refractivity contribution in [3.63, 3.8) is 0 Å². The van der Waals surface area contributed by atoms with E-state index in [-0.39, 0.29) is 11.6 Å². The maximum absolute atomic E-state index is 12.5. The van der Waals surface area contributed by atoms with Gasteiger partial charge in [-0.1, -0.05) is 43.0 Å². The third-order valence-corrected chi connectivity index (χ3v) is 3.39. The van der Waals surface area contributed by atoms with Crippen molar-refractivity contribution >= 4 is 23.0 Å². The van der Waals surface area contributed by atoms with E-state index in [2.05, 4.69) is 22.5 Å². The van der Waals surface area contributed by atoms with E-state index in [1.807, 2.05) is 61.5 Å². The molecule has 0 atom stereocenters. The maximum atomic E-state index is 12.5. The standard InChI is InChI=1S/C17H16N4O/c1-12-8-6-7-11-15(12)18-19-16-13(2)20-21(17(16)22)14-9-4-3-5-10-14/h3-11,18,20H,2H2,1H3/b19-16-. The molecular formula is C17H16N4O. The van der Waals surface area contributed by atoms with Gasteiger partial charge in [-0.3, -0.25) is 15.6 Å². The van der Waals surface area contributed by atoms with Crippen LogP contribution in [0.15, 0.2) is 72.0 Å². The molecule has 0 aromatic heterocycles. The van der Waals surface area contributed by atoms with Crippen LogP contribution in [0.3, 0.4) is 0 Å². The second kappa shape index (κ2) is 5.73. The monoisotopic (exact) mass is 292 g/mol. The molecule has 1 aliphatic heterocycles. The summed E-state index contributed by atoms with van der Waals surface area (Å²) in [5, 5.41) is 5.64. The van der Waals surface area contributed by atoms with E-state index < -0.39 is 0 Å². The summed E-state index contributed by atoms with van der Waals surface area (Å²) >= 11 is 0. The quantitative estimate of drug-likeness (QED) is 0.855. The first-order chi connectivity index (χ1) is 10.7. The van der Waals surface area contributed by atoms with Crippen molar-refractivity contribution in [3.8, 4) is 0 Å². The number of carbonyl (C=O) groups is 1. The summed E-state index contributed by atoms with van der Waals surface area (Å²) in [5.41, 5.74) is 9.26. The van der Waals surface area contributed by atoms with Crippen LogP contribution in [0.25, 0.3) is 0 Å². The van der Waals surface area contributed by atoms with Gasteiger partial charge in [0.1, 0.15) is 0 Å². The highest BCUT2D eigenvalue weighted by Gasteiger charge is 2.32. The van der Waals surface area contributed by atoms with Gasteiger partial charge in [0, 0.05) is 0 Å².